The van der Waals surface area contributed by atoms with Crippen molar-refractivity contribution < 1.29 is 5.11 Å². The number of fused-ring (bicyclic) bond motifs is 5. The third kappa shape index (κ3) is 1.75. The number of allylic oxidation sites excluding steroid dienone is 2. The third-order valence-corrected chi connectivity index (χ3v) is 8.78. The molecule has 0 aromatic rings. The summed E-state index contributed by atoms with van der Waals surface area (Å²) >= 11 is 0. The summed E-state index contributed by atoms with van der Waals surface area (Å²) in [6.45, 7) is 7.30. The van der Waals surface area contributed by atoms with E-state index in [2.05, 4.69) is 26.8 Å². The highest BCUT2D eigenvalue weighted by Gasteiger charge is 2.64. The molecule has 0 aromatic carbocycles. The number of aliphatic hydroxyl groups is 1. The van der Waals surface area contributed by atoms with Crippen LogP contribution in [0.15, 0.2) is 11.6 Å². The minimum Gasteiger partial charge on any atom is -0.389 e. The fraction of sp³-hybridized carbons (Fsp3) is 0.905. The zero-order valence-electron chi connectivity index (χ0n) is 14.8. The molecule has 1 N–H and O–H groups in total. The molecule has 4 aliphatic rings. The smallest absolute Gasteiger partial charge is 0.0720 e. The Bertz CT molecular complexity index is 494. The van der Waals surface area contributed by atoms with Gasteiger partial charge in [-0.2, -0.15) is 0 Å². The Morgan fingerprint density at radius 2 is 1.86 bits per heavy atom. The standard InChI is InChI=1S/C21H34O/c1-4-15-8-9-17-20(15,3)13-11-18-19(2)12-6-5-7-16(19)10-14-21(17,18)22/h8,16-18,22H,4-7,9-14H2,1-3H3/t16?,17-,18-,19+,20-,21-/m1/s1. The van der Waals surface area contributed by atoms with Crippen molar-refractivity contribution in [2.45, 2.75) is 90.6 Å². The lowest BCUT2D eigenvalue weighted by Crippen LogP contribution is -2.63. The van der Waals surface area contributed by atoms with Crippen LogP contribution in [0.3, 0.4) is 0 Å². The van der Waals surface area contributed by atoms with Crippen molar-refractivity contribution in [1.29, 1.82) is 0 Å². The molecule has 0 aromatic heterocycles. The molecule has 6 atom stereocenters. The topological polar surface area (TPSA) is 20.2 Å². The Labute approximate surface area is 136 Å². The van der Waals surface area contributed by atoms with E-state index in [1.54, 1.807) is 5.57 Å². The van der Waals surface area contributed by atoms with Gasteiger partial charge in [0.2, 0.25) is 0 Å². The van der Waals surface area contributed by atoms with Crippen LogP contribution >= 0.6 is 0 Å². The van der Waals surface area contributed by atoms with E-state index in [0.717, 1.165) is 18.8 Å². The monoisotopic (exact) mass is 302 g/mol. The Morgan fingerprint density at radius 1 is 1.05 bits per heavy atom. The van der Waals surface area contributed by atoms with Crippen LogP contribution in [0.1, 0.15) is 85.0 Å². The molecule has 1 unspecified atom stereocenters. The predicted octanol–water partition coefficient (Wildman–Crippen LogP) is 5.48. The predicted molar refractivity (Wildman–Crippen MR) is 91.6 cm³/mol. The molecule has 0 saturated heterocycles. The molecule has 4 rings (SSSR count). The summed E-state index contributed by atoms with van der Waals surface area (Å²) in [7, 11) is 0. The van der Waals surface area contributed by atoms with E-state index in [0.29, 0.717) is 17.3 Å². The van der Waals surface area contributed by atoms with Crippen molar-refractivity contribution in [2.24, 2.45) is 28.6 Å². The lowest BCUT2D eigenvalue weighted by molar-refractivity contribution is -0.213. The number of hydrogen-bond acceptors (Lipinski definition) is 1. The maximum atomic E-state index is 11.9. The average molecular weight is 303 g/mol. The van der Waals surface area contributed by atoms with Crippen molar-refractivity contribution in [2.75, 3.05) is 0 Å². The molecule has 3 fully saturated rings. The molecular weight excluding hydrogens is 268 g/mol. The molecule has 1 nitrogen and oxygen atoms in total. The zero-order chi connectivity index (χ0) is 15.6. The van der Waals surface area contributed by atoms with Crippen molar-refractivity contribution in [3.63, 3.8) is 0 Å². The normalized spacial score (nSPS) is 54.2. The van der Waals surface area contributed by atoms with Gasteiger partial charge in [0.05, 0.1) is 5.60 Å². The van der Waals surface area contributed by atoms with Gasteiger partial charge in [0, 0.05) is 5.92 Å². The first-order chi connectivity index (χ1) is 10.4. The van der Waals surface area contributed by atoms with Crippen LogP contribution in [0.25, 0.3) is 0 Å². The van der Waals surface area contributed by atoms with E-state index >= 15 is 0 Å². The molecular formula is C21H34O. The summed E-state index contributed by atoms with van der Waals surface area (Å²) in [5.74, 6) is 1.94. The van der Waals surface area contributed by atoms with Crippen LogP contribution in [-0.4, -0.2) is 10.7 Å². The fourth-order valence-electron chi connectivity index (χ4n) is 7.57. The second-order valence-electron chi connectivity index (χ2n) is 9.36. The van der Waals surface area contributed by atoms with Gasteiger partial charge in [0.25, 0.3) is 0 Å². The molecule has 0 heterocycles. The Hall–Kier alpha value is -0.300. The van der Waals surface area contributed by atoms with Crippen LogP contribution in [0.2, 0.25) is 0 Å². The second-order valence-corrected chi connectivity index (χ2v) is 9.36. The van der Waals surface area contributed by atoms with Gasteiger partial charge in [-0.15, -0.1) is 0 Å². The molecule has 4 aliphatic carbocycles. The lowest BCUT2D eigenvalue weighted by atomic mass is 9.43. The maximum Gasteiger partial charge on any atom is 0.0720 e. The Kier molecular flexibility index (Phi) is 3.36. The molecule has 0 amide bonds. The van der Waals surface area contributed by atoms with Crippen molar-refractivity contribution in [3.8, 4) is 0 Å². The highest BCUT2D eigenvalue weighted by molar-refractivity contribution is 5.28. The highest BCUT2D eigenvalue weighted by Crippen LogP contribution is 2.68. The summed E-state index contributed by atoms with van der Waals surface area (Å²) in [6.07, 6.45) is 15.3. The van der Waals surface area contributed by atoms with Gasteiger partial charge in [-0.1, -0.05) is 45.3 Å². The van der Waals surface area contributed by atoms with E-state index in [9.17, 15) is 5.11 Å². The van der Waals surface area contributed by atoms with E-state index < -0.39 is 0 Å². The summed E-state index contributed by atoms with van der Waals surface area (Å²) in [5.41, 5.74) is 1.96. The maximum absolute atomic E-state index is 11.9. The van der Waals surface area contributed by atoms with Crippen LogP contribution < -0.4 is 0 Å². The van der Waals surface area contributed by atoms with Crippen LogP contribution in [0.4, 0.5) is 0 Å². The minimum absolute atomic E-state index is 0.290. The molecule has 22 heavy (non-hydrogen) atoms. The van der Waals surface area contributed by atoms with Crippen LogP contribution in [0.5, 0.6) is 0 Å². The van der Waals surface area contributed by atoms with Gasteiger partial charge in [-0.05, 0) is 74.0 Å². The first kappa shape index (κ1) is 15.2. The molecule has 1 heteroatoms. The molecule has 0 spiro atoms. The van der Waals surface area contributed by atoms with Gasteiger partial charge in [0.15, 0.2) is 0 Å². The lowest BCUT2D eigenvalue weighted by Gasteiger charge is -2.64. The largest absolute Gasteiger partial charge is 0.389 e. The van der Waals surface area contributed by atoms with Gasteiger partial charge in [-0.25, -0.2) is 0 Å². The molecule has 0 bridgehead atoms. The van der Waals surface area contributed by atoms with Gasteiger partial charge < -0.3 is 5.11 Å². The van der Waals surface area contributed by atoms with E-state index in [1.165, 1.54) is 51.4 Å². The number of hydrogen-bond donors (Lipinski definition) is 1. The Balaban J connectivity index is 1.70. The summed E-state index contributed by atoms with van der Waals surface area (Å²) in [4.78, 5) is 0. The number of rotatable bonds is 1. The molecule has 124 valence electrons. The second kappa shape index (κ2) is 4.85. The minimum atomic E-state index is -0.386. The SMILES string of the molecule is CCC1=CC[C@H]2[C@]3(O)CCC4CCCC[C@]4(C)[C@H]3CC[C@]12C. The first-order valence-electron chi connectivity index (χ1n) is 9.87. The van der Waals surface area contributed by atoms with E-state index in [4.69, 9.17) is 0 Å². The average Bonchev–Trinajstić information content (AvgIpc) is 2.84. The van der Waals surface area contributed by atoms with Crippen LogP contribution in [-0.2, 0) is 0 Å². The molecule has 0 aliphatic heterocycles. The fourth-order valence-corrected chi connectivity index (χ4v) is 7.57. The van der Waals surface area contributed by atoms with Crippen LogP contribution in [0, 0.1) is 28.6 Å². The van der Waals surface area contributed by atoms with E-state index in [-0.39, 0.29) is 11.0 Å². The van der Waals surface area contributed by atoms with Gasteiger partial charge in [0.1, 0.15) is 0 Å². The Morgan fingerprint density at radius 3 is 2.64 bits per heavy atom. The highest BCUT2D eigenvalue weighted by atomic mass is 16.3. The summed E-state index contributed by atoms with van der Waals surface area (Å²) in [6, 6.07) is 0. The summed E-state index contributed by atoms with van der Waals surface area (Å²) in [5, 5.41) is 11.9. The molecule has 3 saturated carbocycles. The third-order valence-electron chi connectivity index (χ3n) is 8.78. The van der Waals surface area contributed by atoms with Crippen molar-refractivity contribution in [3.05, 3.63) is 11.6 Å². The van der Waals surface area contributed by atoms with Gasteiger partial charge >= 0.3 is 0 Å². The van der Waals surface area contributed by atoms with Gasteiger partial charge in [-0.3, -0.25) is 0 Å². The first-order valence-corrected chi connectivity index (χ1v) is 9.87. The zero-order valence-corrected chi connectivity index (χ0v) is 14.8. The van der Waals surface area contributed by atoms with E-state index in [1.807, 2.05) is 0 Å². The van der Waals surface area contributed by atoms with Crippen molar-refractivity contribution >= 4 is 0 Å². The van der Waals surface area contributed by atoms with Crippen molar-refractivity contribution in [1.82, 2.24) is 0 Å². The quantitative estimate of drug-likeness (QED) is 0.636. The molecule has 0 radical (unpaired) electrons. The summed E-state index contributed by atoms with van der Waals surface area (Å²) < 4.78 is 0.